The average molecular weight is 243 g/mol. The zero-order valence-electron chi connectivity index (χ0n) is 9.77. The van der Waals surface area contributed by atoms with Gasteiger partial charge in [0, 0.05) is 29.8 Å². The zero-order valence-corrected chi connectivity index (χ0v) is 9.77. The van der Waals surface area contributed by atoms with Crippen LogP contribution in [0, 0.1) is 10.1 Å². The summed E-state index contributed by atoms with van der Waals surface area (Å²) in [7, 11) is 0. The number of aromatic nitrogens is 1. The van der Waals surface area contributed by atoms with Crippen LogP contribution in [0.25, 0.3) is 16.5 Å². The first-order valence-corrected chi connectivity index (χ1v) is 5.92. The number of H-pyrrole nitrogens is 1. The molecule has 2 heterocycles. The van der Waals surface area contributed by atoms with Gasteiger partial charge in [-0.25, -0.2) is 0 Å². The fourth-order valence-electron chi connectivity index (χ4n) is 2.42. The van der Waals surface area contributed by atoms with E-state index in [2.05, 4.69) is 16.4 Å². The quantitative estimate of drug-likeness (QED) is 0.628. The summed E-state index contributed by atoms with van der Waals surface area (Å²) < 4.78 is 0. The fourth-order valence-corrected chi connectivity index (χ4v) is 2.42. The van der Waals surface area contributed by atoms with Gasteiger partial charge in [-0.1, -0.05) is 18.2 Å². The number of benzene rings is 1. The van der Waals surface area contributed by atoms with Gasteiger partial charge in [0.1, 0.15) is 5.52 Å². The molecule has 5 heteroatoms. The summed E-state index contributed by atoms with van der Waals surface area (Å²) in [5, 5.41) is 15.1. The van der Waals surface area contributed by atoms with Crippen LogP contribution >= 0.6 is 0 Å². The molecule has 0 bridgehead atoms. The van der Waals surface area contributed by atoms with E-state index in [-0.39, 0.29) is 10.6 Å². The molecular weight excluding hydrogens is 230 g/mol. The highest BCUT2D eigenvalue weighted by Crippen LogP contribution is 2.32. The Morgan fingerprint density at radius 3 is 2.94 bits per heavy atom. The molecule has 1 aliphatic rings. The molecule has 0 aliphatic carbocycles. The molecular formula is C13H13N3O2. The molecule has 0 atom stereocenters. The molecule has 5 nitrogen and oxygen atoms in total. The van der Waals surface area contributed by atoms with Crippen LogP contribution in [0.2, 0.25) is 0 Å². The van der Waals surface area contributed by atoms with Crippen LogP contribution in [0.15, 0.2) is 30.5 Å². The molecule has 0 saturated heterocycles. The van der Waals surface area contributed by atoms with E-state index >= 15 is 0 Å². The summed E-state index contributed by atoms with van der Waals surface area (Å²) in [6, 6.07) is 5.19. The number of para-hydroxylation sites is 1. The van der Waals surface area contributed by atoms with Gasteiger partial charge in [0.05, 0.1) is 4.92 Å². The zero-order chi connectivity index (χ0) is 12.5. The van der Waals surface area contributed by atoms with Gasteiger partial charge < -0.3 is 10.3 Å². The highest BCUT2D eigenvalue weighted by molar-refractivity contribution is 5.97. The van der Waals surface area contributed by atoms with Gasteiger partial charge in [-0.05, 0) is 18.5 Å². The predicted molar refractivity (Wildman–Crippen MR) is 70.4 cm³/mol. The molecule has 0 radical (unpaired) electrons. The lowest BCUT2D eigenvalue weighted by molar-refractivity contribution is -0.383. The van der Waals surface area contributed by atoms with Gasteiger partial charge in [-0.2, -0.15) is 0 Å². The van der Waals surface area contributed by atoms with E-state index in [9.17, 15) is 10.1 Å². The highest BCUT2D eigenvalue weighted by Gasteiger charge is 2.17. The summed E-state index contributed by atoms with van der Waals surface area (Å²) in [4.78, 5) is 13.6. The van der Waals surface area contributed by atoms with Crippen LogP contribution in [-0.4, -0.2) is 23.0 Å². The van der Waals surface area contributed by atoms with Gasteiger partial charge in [0.2, 0.25) is 0 Å². The summed E-state index contributed by atoms with van der Waals surface area (Å²) in [5.74, 6) is 0. The third kappa shape index (κ3) is 1.69. The number of nitro groups is 1. The Kier molecular flexibility index (Phi) is 2.60. The lowest BCUT2D eigenvalue weighted by Crippen LogP contribution is -2.19. The number of hydrogen-bond acceptors (Lipinski definition) is 3. The van der Waals surface area contributed by atoms with Gasteiger partial charge in [-0.3, -0.25) is 10.1 Å². The Labute approximate surface area is 104 Å². The molecule has 2 aromatic rings. The molecule has 1 aliphatic heterocycles. The van der Waals surface area contributed by atoms with E-state index < -0.39 is 0 Å². The summed E-state index contributed by atoms with van der Waals surface area (Å²) >= 11 is 0. The minimum atomic E-state index is -0.348. The maximum Gasteiger partial charge on any atom is 0.293 e. The standard InChI is InChI=1S/C13H13N3O2/c17-16(18)12-3-1-2-10-11(8-15-13(10)12)9-4-6-14-7-5-9/h1-4,8,14-15H,5-7H2. The van der Waals surface area contributed by atoms with Crippen molar-refractivity contribution in [1.82, 2.24) is 10.3 Å². The van der Waals surface area contributed by atoms with E-state index in [1.54, 1.807) is 6.07 Å². The van der Waals surface area contributed by atoms with Gasteiger partial charge >= 0.3 is 0 Å². The lowest BCUT2D eigenvalue weighted by Gasteiger charge is -2.13. The Morgan fingerprint density at radius 2 is 2.22 bits per heavy atom. The van der Waals surface area contributed by atoms with Gasteiger partial charge in [0.25, 0.3) is 5.69 Å². The van der Waals surface area contributed by atoms with Crippen molar-refractivity contribution in [2.24, 2.45) is 0 Å². The van der Waals surface area contributed by atoms with Gasteiger partial charge in [-0.15, -0.1) is 0 Å². The van der Waals surface area contributed by atoms with Crippen LogP contribution in [0.3, 0.4) is 0 Å². The van der Waals surface area contributed by atoms with Gasteiger partial charge in [0.15, 0.2) is 0 Å². The van der Waals surface area contributed by atoms with Crippen molar-refractivity contribution in [2.45, 2.75) is 6.42 Å². The number of aromatic amines is 1. The number of nitrogens with one attached hydrogen (secondary N) is 2. The first kappa shape index (κ1) is 11.0. The minimum absolute atomic E-state index is 0.133. The Bertz CT molecular complexity index is 643. The second-order valence-electron chi connectivity index (χ2n) is 4.34. The lowest BCUT2D eigenvalue weighted by atomic mass is 9.99. The van der Waals surface area contributed by atoms with Crippen LogP contribution in [0.5, 0.6) is 0 Å². The molecule has 1 aromatic heterocycles. The summed E-state index contributed by atoms with van der Waals surface area (Å²) in [6.45, 7) is 1.81. The normalized spacial score (nSPS) is 15.7. The third-order valence-electron chi connectivity index (χ3n) is 3.30. The van der Waals surface area contributed by atoms with Crippen molar-refractivity contribution in [3.8, 4) is 0 Å². The number of nitrogens with zero attached hydrogens (tertiary/aromatic N) is 1. The molecule has 92 valence electrons. The van der Waals surface area contributed by atoms with E-state index in [1.165, 1.54) is 11.6 Å². The predicted octanol–water partition coefficient (Wildman–Crippen LogP) is 2.45. The monoisotopic (exact) mass is 243 g/mol. The minimum Gasteiger partial charge on any atom is -0.355 e. The number of rotatable bonds is 2. The Hall–Kier alpha value is -2.14. The maximum atomic E-state index is 11.0. The van der Waals surface area contributed by atoms with Crippen molar-refractivity contribution >= 4 is 22.2 Å². The molecule has 0 spiro atoms. The second kappa shape index (κ2) is 4.27. The molecule has 1 aromatic carbocycles. The molecule has 3 rings (SSSR count). The van der Waals surface area contributed by atoms with Crippen molar-refractivity contribution in [3.05, 3.63) is 46.1 Å². The van der Waals surface area contributed by atoms with Crippen molar-refractivity contribution < 1.29 is 4.92 Å². The highest BCUT2D eigenvalue weighted by atomic mass is 16.6. The summed E-state index contributed by atoms with van der Waals surface area (Å²) in [5.41, 5.74) is 3.07. The van der Waals surface area contributed by atoms with E-state index in [4.69, 9.17) is 0 Å². The topological polar surface area (TPSA) is 71.0 Å². The Balaban J connectivity index is 2.18. The fraction of sp³-hybridized carbons (Fsp3) is 0.231. The maximum absolute atomic E-state index is 11.0. The molecule has 18 heavy (non-hydrogen) atoms. The van der Waals surface area contributed by atoms with Crippen molar-refractivity contribution in [2.75, 3.05) is 13.1 Å². The van der Waals surface area contributed by atoms with Crippen LogP contribution in [0.1, 0.15) is 12.0 Å². The van der Waals surface area contributed by atoms with Crippen LogP contribution < -0.4 is 5.32 Å². The number of nitro benzene ring substituents is 1. The molecule has 0 fully saturated rings. The van der Waals surface area contributed by atoms with Crippen LogP contribution in [0.4, 0.5) is 5.69 Å². The number of hydrogen-bond donors (Lipinski definition) is 2. The third-order valence-corrected chi connectivity index (χ3v) is 3.30. The largest absolute Gasteiger partial charge is 0.355 e. The first-order chi connectivity index (χ1) is 8.77. The number of fused-ring (bicyclic) bond motifs is 1. The Morgan fingerprint density at radius 1 is 1.33 bits per heavy atom. The van der Waals surface area contributed by atoms with E-state index in [0.29, 0.717) is 5.52 Å². The SMILES string of the molecule is O=[N+]([O-])c1cccc2c(C3=CCNCC3)c[nH]c12. The molecule has 0 unspecified atom stereocenters. The smallest absolute Gasteiger partial charge is 0.293 e. The average Bonchev–Trinajstić information content (AvgIpc) is 2.83. The molecule has 0 amide bonds. The van der Waals surface area contributed by atoms with Crippen molar-refractivity contribution in [3.63, 3.8) is 0 Å². The number of non-ortho nitro benzene ring substituents is 1. The van der Waals surface area contributed by atoms with E-state index in [0.717, 1.165) is 30.5 Å². The van der Waals surface area contributed by atoms with Crippen LogP contribution in [-0.2, 0) is 0 Å². The van der Waals surface area contributed by atoms with Crippen molar-refractivity contribution in [1.29, 1.82) is 0 Å². The molecule has 0 saturated carbocycles. The molecule has 2 N–H and O–H groups in total. The van der Waals surface area contributed by atoms with E-state index in [1.807, 2.05) is 12.3 Å². The first-order valence-electron chi connectivity index (χ1n) is 5.92. The summed E-state index contributed by atoms with van der Waals surface area (Å²) in [6.07, 6.45) is 4.97. The second-order valence-corrected chi connectivity index (χ2v) is 4.34.